The molecule has 0 spiro atoms. The molecular weight excluding hydrogens is 270 g/mol. The van der Waals surface area contributed by atoms with E-state index in [0.29, 0.717) is 6.61 Å². The third-order valence-electron chi connectivity index (χ3n) is 3.73. The van der Waals surface area contributed by atoms with Gasteiger partial charge in [-0.25, -0.2) is 0 Å². The lowest BCUT2D eigenvalue weighted by atomic mass is 10.2. The van der Waals surface area contributed by atoms with Crippen LogP contribution in [0.25, 0.3) is 0 Å². The van der Waals surface area contributed by atoms with Crippen molar-refractivity contribution in [3.63, 3.8) is 0 Å². The van der Waals surface area contributed by atoms with Crippen LogP contribution in [-0.2, 0) is 20.9 Å². The van der Waals surface area contributed by atoms with E-state index in [2.05, 4.69) is 0 Å². The summed E-state index contributed by atoms with van der Waals surface area (Å²) in [6, 6.07) is 9.65. The smallest absolute Gasteiger partial charge is 0.323 e. The molecule has 0 saturated heterocycles. The van der Waals surface area contributed by atoms with Crippen LogP contribution in [0.2, 0.25) is 0 Å². The van der Waals surface area contributed by atoms with E-state index in [1.807, 2.05) is 30.3 Å². The van der Waals surface area contributed by atoms with Crippen LogP contribution in [0, 0.1) is 0 Å². The van der Waals surface area contributed by atoms with Gasteiger partial charge in [-0.3, -0.25) is 9.59 Å². The lowest BCUT2D eigenvalue weighted by Crippen LogP contribution is -2.44. The maximum Gasteiger partial charge on any atom is 0.323 e. The summed E-state index contributed by atoms with van der Waals surface area (Å²) in [5.74, 6) is -1.21. The van der Waals surface area contributed by atoms with Gasteiger partial charge in [0.05, 0.1) is 6.61 Å². The maximum absolute atomic E-state index is 12.2. The van der Waals surface area contributed by atoms with Gasteiger partial charge < -0.3 is 14.7 Å². The van der Waals surface area contributed by atoms with Gasteiger partial charge in [0.2, 0.25) is 5.91 Å². The van der Waals surface area contributed by atoms with Crippen LogP contribution < -0.4 is 0 Å². The van der Waals surface area contributed by atoms with E-state index in [0.717, 1.165) is 31.2 Å². The van der Waals surface area contributed by atoms with Crippen molar-refractivity contribution >= 4 is 11.9 Å². The van der Waals surface area contributed by atoms with Gasteiger partial charge in [-0.2, -0.15) is 0 Å². The number of hydrogen-bond acceptors (Lipinski definition) is 3. The Morgan fingerprint density at radius 2 is 1.86 bits per heavy atom. The molecule has 0 aliphatic heterocycles. The number of hydrogen-bond donors (Lipinski definition) is 1. The third kappa shape index (κ3) is 4.86. The molecule has 1 aromatic rings. The van der Waals surface area contributed by atoms with Gasteiger partial charge in [0.1, 0.15) is 13.2 Å². The van der Waals surface area contributed by atoms with Crippen molar-refractivity contribution in [2.24, 2.45) is 0 Å². The Hall–Kier alpha value is -1.88. The predicted molar refractivity (Wildman–Crippen MR) is 77.7 cm³/mol. The lowest BCUT2D eigenvalue weighted by Gasteiger charge is -2.27. The first-order valence-corrected chi connectivity index (χ1v) is 7.30. The molecule has 1 amide bonds. The Bertz CT molecular complexity index is 468. The summed E-state index contributed by atoms with van der Waals surface area (Å²) in [6.07, 6.45) is 3.88. The summed E-state index contributed by atoms with van der Waals surface area (Å²) >= 11 is 0. The monoisotopic (exact) mass is 291 g/mol. The van der Waals surface area contributed by atoms with E-state index in [4.69, 9.17) is 9.84 Å². The fourth-order valence-corrected chi connectivity index (χ4v) is 2.70. The Balaban J connectivity index is 1.84. The molecule has 5 nitrogen and oxygen atoms in total. The van der Waals surface area contributed by atoms with Crippen molar-refractivity contribution in [3.8, 4) is 0 Å². The van der Waals surface area contributed by atoms with Crippen LogP contribution in [0.15, 0.2) is 30.3 Å². The molecule has 0 unspecified atom stereocenters. The van der Waals surface area contributed by atoms with E-state index in [1.165, 1.54) is 4.90 Å². The average Bonchev–Trinajstić information content (AvgIpc) is 2.99. The molecule has 1 fully saturated rings. The SMILES string of the molecule is O=C(O)CN(C(=O)COCc1ccccc1)C1CCCC1. The number of carboxylic acid groups (broad SMARTS) is 1. The number of benzene rings is 1. The summed E-state index contributed by atoms with van der Waals surface area (Å²) in [4.78, 5) is 24.6. The van der Waals surface area contributed by atoms with E-state index in [1.54, 1.807) is 0 Å². The van der Waals surface area contributed by atoms with Gasteiger partial charge >= 0.3 is 5.97 Å². The van der Waals surface area contributed by atoms with Crippen LogP contribution >= 0.6 is 0 Å². The highest BCUT2D eigenvalue weighted by Gasteiger charge is 2.28. The molecule has 1 aliphatic rings. The van der Waals surface area contributed by atoms with E-state index in [-0.39, 0.29) is 25.1 Å². The molecule has 1 N–H and O–H groups in total. The number of nitrogens with zero attached hydrogens (tertiary/aromatic N) is 1. The standard InChI is InChI=1S/C16H21NO4/c18-15(12-21-11-13-6-2-1-3-7-13)17(10-16(19)20)14-8-4-5-9-14/h1-3,6-7,14H,4-5,8-12H2,(H,19,20). The summed E-state index contributed by atoms with van der Waals surface area (Å²) < 4.78 is 5.42. The first-order valence-electron chi connectivity index (χ1n) is 7.30. The number of carbonyl (C=O) groups is 2. The minimum Gasteiger partial charge on any atom is -0.480 e. The zero-order valence-electron chi connectivity index (χ0n) is 12.0. The summed E-state index contributed by atoms with van der Waals surface area (Å²) in [6.45, 7) is 0.0506. The zero-order chi connectivity index (χ0) is 15.1. The van der Waals surface area contributed by atoms with Crippen molar-refractivity contribution < 1.29 is 19.4 Å². The van der Waals surface area contributed by atoms with Crippen molar-refractivity contribution in [2.75, 3.05) is 13.2 Å². The van der Waals surface area contributed by atoms with Crippen molar-refractivity contribution in [1.29, 1.82) is 0 Å². The second-order valence-electron chi connectivity index (χ2n) is 5.33. The Kier molecular flexibility index (Phi) is 5.75. The van der Waals surface area contributed by atoms with Crippen molar-refractivity contribution in [2.45, 2.75) is 38.3 Å². The summed E-state index contributed by atoms with van der Waals surface area (Å²) in [7, 11) is 0. The van der Waals surface area contributed by atoms with Gasteiger partial charge in [0.15, 0.2) is 0 Å². The molecule has 0 radical (unpaired) electrons. The highest BCUT2D eigenvalue weighted by atomic mass is 16.5. The molecule has 0 aromatic heterocycles. The quantitative estimate of drug-likeness (QED) is 0.835. The zero-order valence-corrected chi connectivity index (χ0v) is 12.0. The molecule has 2 rings (SSSR count). The molecule has 1 aromatic carbocycles. The molecule has 114 valence electrons. The van der Waals surface area contributed by atoms with E-state index < -0.39 is 5.97 Å². The Labute approximate surface area is 124 Å². The molecule has 21 heavy (non-hydrogen) atoms. The normalized spacial score (nSPS) is 15.0. The van der Waals surface area contributed by atoms with Crippen LogP contribution in [0.3, 0.4) is 0 Å². The molecular formula is C16H21NO4. The Morgan fingerprint density at radius 3 is 2.48 bits per heavy atom. The van der Waals surface area contributed by atoms with Crippen molar-refractivity contribution in [1.82, 2.24) is 4.90 Å². The molecule has 5 heteroatoms. The minimum absolute atomic E-state index is 0.0499. The van der Waals surface area contributed by atoms with Gasteiger partial charge in [0, 0.05) is 6.04 Å². The first kappa shape index (κ1) is 15.5. The van der Waals surface area contributed by atoms with Gasteiger partial charge in [-0.1, -0.05) is 43.2 Å². The third-order valence-corrected chi connectivity index (χ3v) is 3.73. The predicted octanol–water partition coefficient (Wildman–Crippen LogP) is 2.06. The van der Waals surface area contributed by atoms with Crippen LogP contribution in [0.4, 0.5) is 0 Å². The topological polar surface area (TPSA) is 66.8 Å². The number of amides is 1. The van der Waals surface area contributed by atoms with Gasteiger partial charge in [-0.05, 0) is 18.4 Å². The highest BCUT2D eigenvalue weighted by molar-refractivity contribution is 5.82. The molecule has 0 bridgehead atoms. The van der Waals surface area contributed by atoms with E-state index in [9.17, 15) is 9.59 Å². The van der Waals surface area contributed by atoms with Gasteiger partial charge in [0.25, 0.3) is 0 Å². The van der Waals surface area contributed by atoms with Crippen molar-refractivity contribution in [3.05, 3.63) is 35.9 Å². The average molecular weight is 291 g/mol. The van der Waals surface area contributed by atoms with E-state index >= 15 is 0 Å². The van der Waals surface area contributed by atoms with Crippen LogP contribution in [0.5, 0.6) is 0 Å². The number of rotatable bonds is 7. The summed E-state index contributed by atoms with van der Waals surface area (Å²) in [5, 5.41) is 8.96. The Morgan fingerprint density at radius 1 is 1.19 bits per heavy atom. The molecule has 0 atom stereocenters. The minimum atomic E-state index is -0.974. The molecule has 1 aliphatic carbocycles. The second kappa shape index (κ2) is 7.78. The highest BCUT2D eigenvalue weighted by Crippen LogP contribution is 2.23. The van der Waals surface area contributed by atoms with Crippen LogP contribution in [-0.4, -0.2) is 41.1 Å². The summed E-state index contributed by atoms with van der Waals surface area (Å²) in [5.41, 5.74) is 0.996. The maximum atomic E-state index is 12.2. The molecule has 0 heterocycles. The molecule has 1 saturated carbocycles. The van der Waals surface area contributed by atoms with Gasteiger partial charge in [-0.15, -0.1) is 0 Å². The fraction of sp³-hybridized carbons (Fsp3) is 0.500. The van der Waals surface area contributed by atoms with Crippen LogP contribution in [0.1, 0.15) is 31.2 Å². The fourth-order valence-electron chi connectivity index (χ4n) is 2.70. The number of ether oxygens (including phenoxy) is 1. The number of carbonyl (C=O) groups excluding carboxylic acids is 1. The first-order chi connectivity index (χ1) is 10.2. The number of carboxylic acids is 1. The number of aliphatic carboxylic acids is 1. The lowest BCUT2D eigenvalue weighted by molar-refractivity contribution is -0.148. The second-order valence-corrected chi connectivity index (χ2v) is 5.33. The largest absolute Gasteiger partial charge is 0.480 e.